The van der Waals surface area contributed by atoms with Crippen LogP contribution in [0.3, 0.4) is 0 Å². The third-order valence-electron chi connectivity index (χ3n) is 8.14. The molecule has 16 atom stereocenters. The van der Waals surface area contributed by atoms with Crippen molar-refractivity contribution in [3.8, 4) is 0 Å². The molecule has 22 heteroatoms. The maximum Gasteiger partial charge on any atom is 0.364 e. The molecule has 22 nitrogen and oxygen atoms in total. The first kappa shape index (κ1) is 40.7. The first-order valence-corrected chi connectivity index (χ1v) is 15.1. The summed E-state index contributed by atoms with van der Waals surface area (Å²) >= 11 is 0. The van der Waals surface area contributed by atoms with E-state index in [2.05, 4.69) is 15.4 Å². The summed E-state index contributed by atoms with van der Waals surface area (Å²) in [4.78, 5) is 47.7. The zero-order valence-corrected chi connectivity index (χ0v) is 26.5. The number of hydrogen-bond donors (Lipinski definition) is 12. The highest BCUT2D eigenvalue weighted by Crippen LogP contribution is 2.38. The molecule has 0 bridgehead atoms. The predicted molar refractivity (Wildman–Crippen MR) is 151 cm³/mol. The fraction of sp³-hybridized carbons (Fsp3) is 0.852. The number of carbonyl (C=O) groups excluding carboxylic acids is 3. The molecule has 3 aliphatic rings. The van der Waals surface area contributed by atoms with Gasteiger partial charge in [0.15, 0.2) is 12.6 Å². The number of esters is 1. The normalized spacial score (nSPS) is 40.9. The SMILES string of the molecule is CC(=O)N[C@@H]1[C@@H](O[C@@H]2O[C@H](CO)[C@H](O)[C@H](O[C@]3(C(=O)O)C[C@H](O)[C@@H](NC(C)=O)[C@H]([C@H](O)[C@H](O)COC(C)=O)O3)[C@H]2O)[C@H](O)[C@@H](CO)O[C@H]1O. The third kappa shape index (κ3) is 9.36. The summed E-state index contributed by atoms with van der Waals surface area (Å²) in [5.74, 6) is -7.43. The average molecular weight is 717 g/mol. The molecule has 3 rings (SSSR count). The van der Waals surface area contributed by atoms with Crippen molar-refractivity contribution in [2.75, 3.05) is 19.8 Å². The van der Waals surface area contributed by atoms with E-state index >= 15 is 0 Å². The number of nitrogens with one attached hydrogen (secondary N) is 2. The molecule has 0 aliphatic carbocycles. The number of aliphatic hydroxyl groups is 9. The van der Waals surface area contributed by atoms with Crippen molar-refractivity contribution in [1.29, 1.82) is 0 Å². The number of carboxylic acid groups (broad SMARTS) is 1. The molecule has 0 spiro atoms. The van der Waals surface area contributed by atoms with E-state index in [4.69, 9.17) is 23.7 Å². The van der Waals surface area contributed by atoms with Crippen LogP contribution in [0.2, 0.25) is 0 Å². The van der Waals surface area contributed by atoms with Crippen LogP contribution in [0.5, 0.6) is 0 Å². The topological polar surface area (TPSA) is 350 Å². The largest absolute Gasteiger partial charge is 0.477 e. The molecule has 282 valence electrons. The minimum Gasteiger partial charge on any atom is -0.477 e. The lowest BCUT2D eigenvalue weighted by molar-refractivity contribution is -0.380. The van der Waals surface area contributed by atoms with E-state index in [1.54, 1.807) is 0 Å². The zero-order valence-electron chi connectivity index (χ0n) is 26.5. The van der Waals surface area contributed by atoms with Crippen LogP contribution in [0.1, 0.15) is 27.2 Å². The summed E-state index contributed by atoms with van der Waals surface area (Å²) in [5, 5.41) is 110. The van der Waals surface area contributed by atoms with Gasteiger partial charge < -0.3 is 90.1 Å². The van der Waals surface area contributed by atoms with Crippen LogP contribution in [-0.2, 0) is 47.6 Å². The molecule has 3 fully saturated rings. The Morgan fingerprint density at radius 2 is 1.39 bits per heavy atom. The van der Waals surface area contributed by atoms with E-state index in [9.17, 15) is 70.2 Å². The standard InChI is InChI=1S/C27H44N2O20/c1-8(32)28-15-11(35)4-27(26(42)43,48-22(15)17(37)12(36)7-44-10(3)34)49-23-19(39)14(6-31)46-25(20(23)40)47-21-16(29-9(2)33)24(41)45-13(5-30)18(21)38/h11-25,30-31,35-41H,4-7H2,1-3H3,(H,28,32)(H,29,33)(H,42,43)/t11-,12+,13+,14+,15+,16+,17+,18+,19-,20+,21+,22+,23-,24+,25-,27-/m0/s1. The van der Waals surface area contributed by atoms with Crippen LogP contribution >= 0.6 is 0 Å². The van der Waals surface area contributed by atoms with E-state index in [0.29, 0.717) is 0 Å². The predicted octanol–water partition coefficient (Wildman–Crippen LogP) is -7.51. The molecule has 49 heavy (non-hydrogen) atoms. The van der Waals surface area contributed by atoms with Crippen LogP contribution in [0.4, 0.5) is 0 Å². The van der Waals surface area contributed by atoms with E-state index in [1.807, 2.05) is 0 Å². The van der Waals surface area contributed by atoms with E-state index in [0.717, 1.165) is 20.8 Å². The zero-order chi connectivity index (χ0) is 37.0. The second kappa shape index (κ2) is 17.0. The third-order valence-corrected chi connectivity index (χ3v) is 8.14. The van der Waals surface area contributed by atoms with Crippen molar-refractivity contribution in [1.82, 2.24) is 10.6 Å². The summed E-state index contributed by atoms with van der Waals surface area (Å²) in [5.41, 5.74) is 0. The molecule has 0 radical (unpaired) electrons. The van der Waals surface area contributed by atoms with Gasteiger partial charge in [-0.2, -0.15) is 0 Å². The summed E-state index contributed by atoms with van der Waals surface area (Å²) in [6.07, 6.45) is -26.1. The first-order chi connectivity index (χ1) is 22.9. The van der Waals surface area contributed by atoms with Gasteiger partial charge >= 0.3 is 11.9 Å². The fourth-order valence-corrected chi connectivity index (χ4v) is 5.76. The lowest BCUT2D eigenvalue weighted by Gasteiger charge is -2.50. The number of carboxylic acids is 1. The number of ether oxygens (including phenoxy) is 6. The van der Waals surface area contributed by atoms with Crippen molar-refractivity contribution >= 4 is 23.8 Å². The molecular formula is C27H44N2O20. The molecule has 3 heterocycles. The number of amides is 2. The Balaban J connectivity index is 1.98. The van der Waals surface area contributed by atoms with Gasteiger partial charge in [-0.25, -0.2) is 4.79 Å². The van der Waals surface area contributed by atoms with Gasteiger partial charge in [0.25, 0.3) is 5.79 Å². The molecule has 0 saturated carbocycles. The van der Waals surface area contributed by atoms with Gasteiger partial charge in [0.05, 0.1) is 25.4 Å². The molecule has 0 unspecified atom stereocenters. The molecule has 0 aromatic rings. The van der Waals surface area contributed by atoms with E-state index < -0.39 is 148 Å². The lowest BCUT2D eigenvalue weighted by Crippen LogP contribution is -2.71. The second-order valence-corrected chi connectivity index (χ2v) is 11.9. The van der Waals surface area contributed by atoms with Gasteiger partial charge in [0.1, 0.15) is 73.7 Å². The number of rotatable bonds is 13. The number of hydrogen-bond acceptors (Lipinski definition) is 19. The van der Waals surface area contributed by atoms with Gasteiger partial charge in [0.2, 0.25) is 11.8 Å². The highest BCUT2D eigenvalue weighted by Gasteiger charge is 2.60. The van der Waals surface area contributed by atoms with Crippen molar-refractivity contribution in [2.45, 2.75) is 125 Å². The Hall–Kier alpha value is -2.68. The summed E-state index contributed by atoms with van der Waals surface area (Å²) in [6, 6.07) is -3.13. The van der Waals surface area contributed by atoms with Gasteiger partial charge in [-0.3, -0.25) is 14.4 Å². The monoisotopic (exact) mass is 716 g/mol. The molecule has 12 N–H and O–H groups in total. The Bertz CT molecular complexity index is 1160. The van der Waals surface area contributed by atoms with Crippen molar-refractivity contribution in [3.05, 3.63) is 0 Å². The molecule has 2 amide bonds. The highest BCUT2D eigenvalue weighted by atomic mass is 16.8. The second-order valence-electron chi connectivity index (χ2n) is 11.9. The van der Waals surface area contributed by atoms with E-state index in [-0.39, 0.29) is 0 Å². The highest BCUT2D eigenvalue weighted by molar-refractivity contribution is 5.76. The van der Waals surface area contributed by atoms with Gasteiger partial charge in [0, 0.05) is 27.2 Å². The minimum atomic E-state index is -3.08. The summed E-state index contributed by atoms with van der Waals surface area (Å²) < 4.78 is 32.1. The molecule has 3 aliphatic heterocycles. The maximum absolute atomic E-state index is 12.8. The Morgan fingerprint density at radius 1 is 0.837 bits per heavy atom. The molecule has 0 aromatic heterocycles. The van der Waals surface area contributed by atoms with Crippen molar-refractivity contribution in [2.24, 2.45) is 0 Å². The van der Waals surface area contributed by atoms with Gasteiger partial charge in [-0.05, 0) is 0 Å². The van der Waals surface area contributed by atoms with Crippen LogP contribution in [0, 0.1) is 0 Å². The smallest absolute Gasteiger partial charge is 0.364 e. The Labute approximate surface area is 278 Å². The van der Waals surface area contributed by atoms with Crippen LogP contribution in [0.15, 0.2) is 0 Å². The van der Waals surface area contributed by atoms with Crippen molar-refractivity contribution in [3.63, 3.8) is 0 Å². The Kier molecular flexibility index (Phi) is 14.2. The minimum absolute atomic E-state index is 0.727. The molecule has 0 aromatic carbocycles. The summed E-state index contributed by atoms with van der Waals surface area (Å²) in [7, 11) is 0. The fourth-order valence-electron chi connectivity index (χ4n) is 5.76. The van der Waals surface area contributed by atoms with Gasteiger partial charge in [-0.15, -0.1) is 0 Å². The quantitative estimate of drug-likeness (QED) is 0.0787. The Morgan fingerprint density at radius 3 is 1.92 bits per heavy atom. The van der Waals surface area contributed by atoms with E-state index in [1.165, 1.54) is 0 Å². The van der Waals surface area contributed by atoms with Gasteiger partial charge in [-0.1, -0.05) is 0 Å². The number of carbonyl (C=O) groups is 4. The van der Waals surface area contributed by atoms with Crippen LogP contribution in [0.25, 0.3) is 0 Å². The van der Waals surface area contributed by atoms with Crippen LogP contribution < -0.4 is 10.6 Å². The first-order valence-electron chi connectivity index (χ1n) is 15.1. The summed E-state index contributed by atoms with van der Waals surface area (Å²) in [6.45, 7) is 0.420. The van der Waals surface area contributed by atoms with Crippen molar-refractivity contribution < 1.29 is 98.7 Å². The number of aliphatic hydroxyl groups excluding tert-OH is 9. The maximum atomic E-state index is 12.8. The van der Waals surface area contributed by atoms with Crippen LogP contribution in [-0.4, -0.2) is 192 Å². The molecule has 3 saturated heterocycles. The average Bonchev–Trinajstić information content (AvgIpc) is 3.02. The molecular weight excluding hydrogens is 672 g/mol. The number of aliphatic carboxylic acids is 1. The lowest BCUT2D eigenvalue weighted by atomic mass is 9.88.